The predicted octanol–water partition coefficient (Wildman–Crippen LogP) is 3.50. The monoisotopic (exact) mass is 392 g/mol. The summed E-state index contributed by atoms with van der Waals surface area (Å²) in [7, 11) is -3.95. The maximum absolute atomic E-state index is 13.7. The molecule has 2 aromatic rings. The molecule has 0 bridgehead atoms. The largest absolute Gasteiger partial charge is 0.326 e. The Morgan fingerprint density at radius 2 is 1.95 bits per heavy atom. The van der Waals surface area contributed by atoms with Gasteiger partial charge in [0.05, 0.1) is 5.69 Å². The minimum atomic E-state index is -3.95. The maximum Gasteiger partial charge on any atom is 0.263 e. The van der Waals surface area contributed by atoms with Gasteiger partial charge < -0.3 is 5.73 Å². The summed E-state index contributed by atoms with van der Waals surface area (Å²) in [6.07, 6.45) is 0. The molecule has 0 saturated heterocycles. The van der Waals surface area contributed by atoms with E-state index in [1.54, 1.807) is 12.1 Å². The van der Waals surface area contributed by atoms with Crippen LogP contribution in [0.25, 0.3) is 0 Å². The molecule has 0 unspecified atom stereocenters. The van der Waals surface area contributed by atoms with Crippen LogP contribution < -0.4 is 10.5 Å². The first-order valence-corrected chi connectivity index (χ1v) is 8.45. The summed E-state index contributed by atoms with van der Waals surface area (Å²) >= 11 is 8.80. The number of sulfonamides is 1. The van der Waals surface area contributed by atoms with Crippen molar-refractivity contribution in [3.8, 4) is 0 Å². The summed E-state index contributed by atoms with van der Waals surface area (Å²) in [5.74, 6) is -0.753. The van der Waals surface area contributed by atoms with E-state index in [9.17, 15) is 12.8 Å². The summed E-state index contributed by atoms with van der Waals surface area (Å²) < 4.78 is 40.9. The quantitative estimate of drug-likeness (QED) is 0.835. The zero-order chi connectivity index (χ0) is 15.6. The standard InChI is InChI=1S/C13H11BrClFN2O2S/c14-10-3-1-8(7-17)5-13(10)21(19,20)18-12-4-2-9(15)6-11(12)16/h1-6,18H,7,17H2. The van der Waals surface area contributed by atoms with Gasteiger partial charge in [0.1, 0.15) is 10.7 Å². The Morgan fingerprint density at radius 1 is 1.24 bits per heavy atom. The second kappa shape index (κ2) is 6.31. The van der Waals surface area contributed by atoms with Gasteiger partial charge in [-0.15, -0.1) is 0 Å². The molecule has 21 heavy (non-hydrogen) atoms. The van der Waals surface area contributed by atoms with Crippen LogP contribution >= 0.6 is 27.5 Å². The van der Waals surface area contributed by atoms with E-state index in [1.807, 2.05) is 0 Å². The first kappa shape index (κ1) is 16.2. The lowest BCUT2D eigenvalue weighted by Gasteiger charge is -2.11. The lowest BCUT2D eigenvalue weighted by molar-refractivity contribution is 0.598. The number of nitrogens with one attached hydrogen (secondary N) is 1. The van der Waals surface area contributed by atoms with Gasteiger partial charge in [0.15, 0.2) is 0 Å². The molecular weight excluding hydrogens is 383 g/mol. The molecule has 0 aromatic heterocycles. The van der Waals surface area contributed by atoms with Gasteiger partial charge in [-0.25, -0.2) is 12.8 Å². The molecule has 8 heteroatoms. The number of hydrogen-bond acceptors (Lipinski definition) is 3. The molecule has 2 rings (SSSR count). The Balaban J connectivity index is 2.43. The average Bonchev–Trinajstić information content (AvgIpc) is 2.42. The fraction of sp³-hybridized carbons (Fsp3) is 0.0769. The van der Waals surface area contributed by atoms with Crippen LogP contribution in [0.5, 0.6) is 0 Å². The van der Waals surface area contributed by atoms with Gasteiger partial charge in [0, 0.05) is 16.0 Å². The van der Waals surface area contributed by atoms with Crippen molar-refractivity contribution in [2.24, 2.45) is 5.73 Å². The highest BCUT2D eigenvalue weighted by Crippen LogP contribution is 2.27. The fourth-order valence-electron chi connectivity index (χ4n) is 1.65. The third kappa shape index (κ3) is 3.74. The molecule has 0 saturated carbocycles. The van der Waals surface area contributed by atoms with Crippen LogP contribution in [0.3, 0.4) is 0 Å². The van der Waals surface area contributed by atoms with E-state index < -0.39 is 15.8 Å². The van der Waals surface area contributed by atoms with Crippen molar-refractivity contribution in [3.05, 3.63) is 57.3 Å². The van der Waals surface area contributed by atoms with Gasteiger partial charge in [-0.1, -0.05) is 17.7 Å². The molecule has 0 atom stereocenters. The lowest BCUT2D eigenvalue weighted by Crippen LogP contribution is -2.15. The summed E-state index contributed by atoms with van der Waals surface area (Å²) in [6.45, 7) is 0.200. The van der Waals surface area contributed by atoms with Gasteiger partial charge in [-0.05, 0) is 51.8 Å². The highest BCUT2D eigenvalue weighted by atomic mass is 79.9. The summed E-state index contributed by atoms with van der Waals surface area (Å²) in [5, 5.41) is 0.182. The van der Waals surface area contributed by atoms with E-state index in [2.05, 4.69) is 20.7 Å². The SMILES string of the molecule is NCc1ccc(Br)c(S(=O)(=O)Nc2ccc(Cl)cc2F)c1. The molecule has 0 aliphatic rings. The first-order valence-electron chi connectivity index (χ1n) is 5.80. The summed E-state index contributed by atoms with van der Waals surface area (Å²) in [4.78, 5) is -0.0141. The minimum Gasteiger partial charge on any atom is -0.326 e. The van der Waals surface area contributed by atoms with E-state index in [0.29, 0.717) is 10.0 Å². The molecule has 2 aromatic carbocycles. The van der Waals surface area contributed by atoms with Gasteiger partial charge in [0.25, 0.3) is 10.0 Å². The molecule has 0 spiro atoms. The van der Waals surface area contributed by atoms with E-state index >= 15 is 0 Å². The maximum atomic E-state index is 13.7. The van der Waals surface area contributed by atoms with E-state index in [1.165, 1.54) is 18.2 Å². The molecular formula is C13H11BrClFN2O2S. The first-order chi connectivity index (χ1) is 9.83. The molecule has 3 N–H and O–H groups in total. The van der Waals surface area contributed by atoms with Gasteiger partial charge in [-0.2, -0.15) is 0 Å². The number of rotatable bonds is 4. The summed E-state index contributed by atoms with van der Waals surface area (Å²) in [6, 6.07) is 8.40. The number of nitrogens with two attached hydrogens (primary N) is 1. The van der Waals surface area contributed by atoms with Crippen LogP contribution in [0.4, 0.5) is 10.1 Å². The van der Waals surface area contributed by atoms with Gasteiger partial charge in [-0.3, -0.25) is 4.72 Å². The van der Waals surface area contributed by atoms with Crippen LogP contribution in [0.1, 0.15) is 5.56 Å². The lowest BCUT2D eigenvalue weighted by atomic mass is 10.2. The van der Waals surface area contributed by atoms with E-state index in [4.69, 9.17) is 17.3 Å². The van der Waals surface area contributed by atoms with Gasteiger partial charge in [0.2, 0.25) is 0 Å². The third-order valence-electron chi connectivity index (χ3n) is 2.70. The highest BCUT2D eigenvalue weighted by molar-refractivity contribution is 9.10. The van der Waals surface area contributed by atoms with Crippen molar-refractivity contribution in [2.45, 2.75) is 11.4 Å². The Bertz CT molecular complexity index is 784. The van der Waals surface area contributed by atoms with Crippen molar-refractivity contribution in [3.63, 3.8) is 0 Å². The van der Waals surface area contributed by atoms with Crippen molar-refractivity contribution in [1.82, 2.24) is 0 Å². The van der Waals surface area contributed by atoms with Crippen LogP contribution in [0.15, 0.2) is 45.8 Å². The Hall–Kier alpha value is -1.15. The molecule has 0 aliphatic heterocycles. The normalized spacial score (nSPS) is 11.4. The minimum absolute atomic E-state index is 0.0141. The Morgan fingerprint density at radius 3 is 2.57 bits per heavy atom. The molecule has 0 heterocycles. The molecule has 0 aliphatic carbocycles. The Labute approximate surface area is 135 Å². The zero-order valence-electron chi connectivity index (χ0n) is 10.6. The number of benzene rings is 2. The van der Waals surface area contributed by atoms with E-state index in [0.717, 1.165) is 6.07 Å². The van der Waals surface area contributed by atoms with Crippen molar-refractivity contribution in [1.29, 1.82) is 0 Å². The summed E-state index contributed by atoms with van der Waals surface area (Å²) in [5.41, 5.74) is 5.97. The third-order valence-corrected chi connectivity index (χ3v) is 5.29. The predicted molar refractivity (Wildman–Crippen MR) is 84.3 cm³/mol. The Kier molecular flexibility index (Phi) is 4.88. The van der Waals surface area contributed by atoms with Crippen LogP contribution in [0.2, 0.25) is 5.02 Å². The van der Waals surface area contributed by atoms with E-state index in [-0.39, 0.29) is 22.2 Å². The molecule has 112 valence electrons. The molecule has 0 amide bonds. The van der Waals surface area contributed by atoms with Crippen LogP contribution in [-0.2, 0) is 16.6 Å². The molecule has 0 fully saturated rings. The average molecular weight is 394 g/mol. The molecule has 0 radical (unpaired) electrons. The fourth-order valence-corrected chi connectivity index (χ4v) is 3.89. The molecule has 4 nitrogen and oxygen atoms in total. The van der Waals surface area contributed by atoms with Crippen LogP contribution in [-0.4, -0.2) is 8.42 Å². The number of anilines is 1. The van der Waals surface area contributed by atoms with Crippen molar-refractivity contribution < 1.29 is 12.8 Å². The second-order valence-electron chi connectivity index (χ2n) is 4.20. The number of halogens is 3. The number of hydrogen-bond donors (Lipinski definition) is 2. The van der Waals surface area contributed by atoms with Crippen molar-refractivity contribution in [2.75, 3.05) is 4.72 Å². The highest BCUT2D eigenvalue weighted by Gasteiger charge is 2.20. The topological polar surface area (TPSA) is 72.2 Å². The second-order valence-corrected chi connectivity index (χ2v) is 7.14. The van der Waals surface area contributed by atoms with Gasteiger partial charge >= 0.3 is 0 Å². The van der Waals surface area contributed by atoms with Crippen molar-refractivity contribution >= 4 is 43.2 Å². The zero-order valence-corrected chi connectivity index (χ0v) is 13.8. The smallest absolute Gasteiger partial charge is 0.263 e. The van der Waals surface area contributed by atoms with Crippen LogP contribution in [0, 0.1) is 5.82 Å².